The molecule has 2 rings (SSSR count). The van der Waals surface area contributed by atoms with Gasteiger partial charge in [-0.1, -0.05) is 22.0 Å². The highest BCUT2D eigenvalue weighted by molar-refractivity contribution is 9.10. The van der Waals surface area contributed by atoms with Gasteiger partial charge in [0, 0.05) is 15.8 Å². The molecular formula is C14H15BrN2O2S. The molecule has 6 heteroatoms. The van der Waals surface area contributed by atoms with Crippen LogP contribution in [-0.2, 0) is 10.0 Å². The smallest absolute Gasteiger partial charge is 0.261 e. The Bertz CT molecular complexity index is 758. The number of nitrogens with one attached hydrogen (secondary N) is 1. The summed E-state index contributed by atoms with van der Waals surface area (Å²) in [5.74, 6) is 0. The predicted molar refractivity (Wildman–Crippen MR) is 85.3 cm³/mol. The number of sulfonamides is 1. The highest BCUT2D eigenvalue weighted by Crippen LogP contribution is 2.23. The molecule has 0 aliphatic heterocycles. The van der Waals surface area contributed by atoms with Crippen molar-refractivity contribution >= 4 is 37.3 Å². The van der Waals surface area contributed by atoms with Gasteiger partial charge in [-0.3, -0.25) is 4.72 Å². The lowest BCUT2D eigenvalue weighted by molar-refractivity contribution is 0.601. The van der Waals surface area contributed by atoms with E-state index in [1.54, 1.807) is 30.3 Å². The summed E-state index contributed by atoms with van der Waals surface area (Å²) in [5, 5.41) is 0. The van der Waals surface area contributed by atoms with Gasteiger partial charge in [-0.25, -0.2) is 8.42 Å². The number of anilines is 2. The first-order valence-corrected chi connectivity index (χ1v) is 8.22. The number of hydrogen-bond acceptors (Lipinski definition) is 3. The molecule has 0 aliphatic carbocycles. The molecule has 0 saturated carbocycles. The van der Waals surface area contributed by atoms with E-state index in [-0.39, 0.29) is 4.90 Å². The molecular weight excluding hydrogens is 340 g/mol. The lowest BCUT2D eigenvalue weighted by atomic mass is 10.2. The van der Waals surface area contributed by atoms with E-state index in [0.29, 0.717) is 11.4 Å². The van der Waals surface area contributed by atoms with Crippen LogP contribution >= 0.6 is 15.9 Å². The van der Waals surface area contributed by atoms with Gasteiger partial charge in [0.2, 0.25) is 0 Å². The quantitative estimate of drug-likeness (QED) is 0.829. The molecule has 0 radical (unpaired) electrons. The Kier molecular flexibility index (Phi) is 4.06. The topological polar surface area (TPSA) is 72.2 Å². The van der Waals surface area contributed by atoms with Crippen molar-refractivity contribution in [3.05, 3.63) is 52.0 Å². The van der Waals surface area contributed by atoms with Gasteiger partial charge in [0.1, 0.15) is 0 Å². The zero-order valence-electron chi connectivity index (χ0n) is 11.1. The fourth-order valence-electron chi connectivity index (χ4n) is 1.71. The van der Waals surface area contributed by atoms with Crippen LogP contribution in [0.5, 0.6) is 0 Å². The van der Waals surface area contributed by atoms with Crippen molar-refractivity contribution in [2.75, 3.05) is 10.5 Å². The highest BCUT2D eigenvalue weighted by atomic mass is 79.9. The summed E-state index contributed by atoms with van der Waals surface area (Å²) in [6, 6.07) is 9.96. The Labute approximate surface area is 127 Å². The normalized spacial score (nSPS) is 11.3. The van der Waals surface area contributed by atoms with Crippen molar-refractivity contribution in [1.29, 1.82) is 0 Å². The van der Waals surface area contributed by atoms with Gasteiger partial charge < -0.3 is 5.73 Å². The van der Waals surface area contributed by atoms with Crippen LogP contribution in [0.25, 0.3) is 0 Å². The van der Waals surface area contributed by atoms with E-state index in [1.807, 2.05) is 13.8 Å². The molecule has 0 aromatic heterocycles. The minimum absolute atomic E-state index is 0.154. The van der Waals surface area contributed by atoms with Crippen molar-refractivity contribution in [2.24, 2.45) is 0 Å². The van der Waals surface area contributed by atoms with Gasteiger partial charge in [-0.15, -0.1) is 0 Å². The Morgan fingerprint density at radius 2 is 1.75 bits per heavy atom. The van der Waals surface area contributed by atoms with Crippen LogP contribution in [0, 0.1) is 13.8 Å². The Morgan fingerprint density at radius 1 is 1.05 bits per heavy atom. The maximum Gasteiger partial charge on any atom is 0.261 e. The number of aryl methyl sites for hydroxylation is 2. The third-order valence-corrected chi connectivity index (χ3v) is 5.24. The Hall–Kier alpha value is -1.53. The monoisotopic (exact) mass is 354 g/mol. The molecule has 0 bridgehead atoms. The number of hydrogen-bond donors (Lipinski definition) is 2. The minimum atomic E-state index is -3.63. The Balaban J connectivity index is 2.35. The minimum Gasteiger partial charge on any atom is -0.398 e. The molecule has 0 amide bonds. The standard InChI is InChI=1S/C14H15BrN2O2S/c1-9-3-5-12(8-14(9)16)20(18,19)17-11-4-6-13(15)10(2)7-11/h3-8,17H,16H2,1-2H3. The van der Waals surface area contributed by atoms with Crippen LogP contribution in [0.3, 0.4) is 0 Å². The fourth-order valence-corrected chi connectivity index (χ4v) is 3.04. The molecule has 2 aromatic carbocycles. The molecule has 106 valence electrons. The van der Waals surface area contributed by atoms with Crippen molar-refractivity contribution in [2.45, 2.75) is 18.7 Å². The van der Waals surface area contributed by atoms with Gasteiger partial charge in [-0.2, -0.15) is 0 Å². The second kappa shape index (κ2) is 5.46. The van der Waals surface area contributed by atoms with Gasteiger partial charge in [0.25, 0.3) is 10.0 Å². The van der Waals surface area contributed by atoms with E-state index in [2.05, 4.69) is 20.7 Å². The van der Waals surface area contributed by atoms with Gasteiger partial charge >= 0.3 is 0 Å². The van der Waals surface area contributed by atoms with Crippen molar-refractivity contribution in [3.8, 4) is 0 Å². The first-order chi connectivity index (χ1) is 9.29. The SMILES string of the molecule is Cc1ccc(S(=O)(=O)Nc2ccc(Br)c(C)c2)cc1N. The summed E-state index contributed by atoms with van der Waals surface area (Å²) in [4.78, 5) is 0.154. The Morgan fingerprint density at radius 3 is 2.35 bits per heavy atom. The maximum absolute atomic E-state index is 12.3. The lowest BCUT2D eigenvalue weighted by Crippen LogP contribution is -2.13. The number of halogens is 1. The first kappa shape index (κ1) is 14.9. The molecule has 20 heavy (non-hydrogen) atoms. The molecule has 4 nitrogen and oxygen atoms in total. The predicted octanol–water partition coefficient (Wildman–Crippen LogP) is 3.45. The number of nitrogen functional groups attached to an aromatic ring is 1. The summed E-state index contributed by atoms with van der Waals surface area (Å²) in [6.45, 7) is 3.73. The van der Waals surface area contributed by atoms with Gasteiger partial charge in [0.15, 0.2) is 0 Å². The molecule has 0 unspecified atom stereocenters. The second-order valence-electron chi connectivity index (χ2n) is 4.59. The van der Waals surface area contributed by atoms with E-state index < -0.39 is 10.0 Å². The number of rotatable bonds is 3. The van der Waals surface area contributed by atoms with Crippen molar-refractivity contribution in [3.63, 3.8) is 0 Å². The summed E-state index contributed by atoms with van der Waals surface area (Å²) < 4.78 is 28.0. The van der Waals surface area contributed by atoms with E-state index in [4.69, 9.17) is 5.73 Å². The molecule has 3 N–H and O–H groups in total. The molecule has 2 aromatic rings. The van der Waals surface area contributed by atoms with Crippen LogP contribution in [0.4, 0.5) is 11.4 Å². The third kappa shape index (κ3) is 3.13. The lowest BCUT2D eigenvalue weighted by Gasteiger charge is -2.10. The summed E-state index contributed by atoms with van der Waals surface area (Å²) >= 11 is 3.38. The fraction of sp³-hybridized carbons (Fsp3) is 0.143. The van der Waals surface area contributed by atoms with Crippen molar-refractivity contribution in [1.82, 2.24) is 0 Å². The first-order valence-electron chi connectivity index (χ1n) is 5.95. The summed E-state index contributed by atoms with van der Waals surface area (Å²) in [6.07, 6.45) is 0. The zero-order chi connectivity index (χ0) is 14.9. The van der Waals surface area contributed by atoms with E-state index in [1.165, 1.54) is 6.07 Å². The molecule has 0 atom stereocenters. The molecule has 0 fully saturated rings. The van der Waals surface area contributed by atoms with Gasteiger partial charge in [0.05, 0.1) is 4.90 Å². The molecule has 0 aliphatic rings. The average molecular weight is 355 g/mol. The highest BCUT2D eigenvalue weighted by Gasteiger charge is 2.15. The second-order valence-corrected chi connectivity index (χ2v) is 7.12. The van der Waals surface area contributed by atoms with Crippen LogP contribution in [0.15, 0.2) is 45.8 Å². The van der Waals surface area contributed by atoms with Crippen LogP contribution in [0.1, 0.15) is 11.1 Å². The molecule has 0 spiro atoms. The zero-order valence-corrected chi connectivity index (χ0v) is 13.5. The van der Waals surface area contributed by atoms with E-state index in [9.17, 15) is 8.42 Å². The number of benzene rings is 2. The molecule has 0 heterocycles. The van der Waals surface area contributed by atoms with Crippen LogP contribution in [-0.4, -0.2) is 8.42 Å². The van der Waals surface area contributed by atoms with E-state index >= 15 is 0 Å². The number of nitrogens with two attached hydrogens (primary N) is 1. The van der Waals surface area contributed by atoms with Gasteiger partial charge in [-0.05, 0) is 55.3 Å². The largest absolute Gasteiger partial charge is 0.398 e. The summed E-state index contributed by atoms with van der Waals surface area (Å²) in [7, 11) is -3.63. The summed E-state index contributed by atoms with van der Waals surface area (Å²) in [5.41, 5.74) is 8.54. The average Bonchev–Trinajstić information content (AvgIpc) is 2.37. The third-order valence-electron chi connectivity index (χ3n) is 2.97. The van der Waals surface area contributed by atoms with Crippen LogP contribution < -0.4 is 10.5 Å². The maximum atomic E-state index is 12.3. The van der Waals surface area contributed by atoms with Crippen molar-refractivity contribution < 1.29 is 8.42 Å². The van der Waals surface area contributed by atoms with E-state index in [0.717, 1.165) is 15.6 Å². The molecule has 0 saturated heterocycles. The van der Waals surface area contributed by atoms with Crippen LogP contribution in [0.2, 0.25) is 0 Å².